The van der Waals surface area contributed by atoms with Crippen LogP contribution in [0.5, 0.6) is 0 Å². The predicted molar refractivity (Wildman–Crippen MR) is 26.8 cm³/mol. The van der Waals surface area contributed by atoms with Crippen molar-refractivity contribution in [2.24, 2.45) is 0 Å². The van der Waals surface area contributed by atoms with Crippen molar-refractivity contribution in [3.8, 4) is 0 Å². The van der Waals surface area contributed by atoms with Crippen LogP contribution in [0.1, 0.15) is 6.92 Å². The lowest BCUT2D eigenvalue weighted by molar-refractivity contribution is 0.110. The van der Waals surface area contributed by atoms with Gasteiger partial charge >= 0.3 is 6.16 Å². The number of ether oxygens (including phenoxy) is 2. The summed E-state index contributed by atoms with van der Waals surface area (Å²) in [5.41, 5.74) is 0. The van der Waals surface area contributed by atoms with E-state index in [-0.39, 0.29) is 0 Å². The van der Waals surface area contributed by atoms with Gasteiger partial charge in [-0.1, -0.05) is 0 Å². The Hall–Kier alpha value is -0.800. The Kier molecular flexibility index (Phi) is 1.55. The number of hydrogen-bond acceptors (Lipinski definition) is 3. The van der Waals surface area contributed by atoms with E-state index in [0.29, 0.717) is 0 Å². The van der Waals surface area contributed by atoms with Crippen LogP contribution in [0.3, 0.4) is 0 Å². The monoisotopic (exact) mass is 134 g/mol. The maximum absolute atomic E-state index is 11.8. The minimum Gasteiger partial charge on any atom is -0.427 e. The van der Waals surface area contributed by atoms with E-state index in [0.717, 1.165) is 0 Å². The zero-order chi connectivity index (χ0) is 6.85. The molecule has 1 heterocycles. The molecule has 3 nitrogen and oxygen atoms in total. The van der Waals surface area contributed by atoms with Gasteiger partial charge in [-0.15, -0.1) is 0 Å². The van der Waals surface area contributed by atoms with Gasteiger partial charge in [0.2, 0.25) is 0 Å². The molecule has 1 aliphatic heterocycles. The average molecular weight is 134 g/mol. The third-order valence-electron chi connectivity index (χ3n) is 1.21. The highest BCUT2D eigenvalue weighted by Gasteiger charge is 2.32. The molecule has 1 saturated heterocycles. The van der Waals surface area contributed by atoms with E-state index in [4.69, 9.17) is 0 Å². The third-order valence-corrected chi connectivity index (χ3v) is 1.21. The van der Waals surface area contributed by atoms with Crippen molar-refractivity contribution in [3.63, 3.8) is 0 Å². The van der Waals surface area contributed by atoms with Crippen molar-refractivity contribution in [1.29, 1.82) is 0 Å². The molecule has 52 valence electrons. The first-order chi connectivity index (χ1) is 4.24. The molecule has 0 aromatic heterocycles. The van der Waals surface area contributed by atoms with Gasteiger partial charge in [0.15, 0.2) is 6.10 Å². The van der Waals surface area contributed by atoms with Crippen LogP contribution in [-0.2, 0) is 9.47 Å². The Morgan fingerprint density at radius 3 is 2.56 bits per heavy atom. The molecule has 0 saturated carbocycles. The van der Waals surface area contributed by atoms with Gasteiger partial charge in [0.25, 0.3) is 0 Å². The van der Waals surface area contributed by atoms with E-state index in [1.165, 1.54) is 0 Å². The molecule has 1 fully saturated rings. The van der Waals surface area contributed by atoms with Crippen LogP contribution in [0.2, 0.25) is 0 Å². The number of cyclic esters (lactones) is 2. The molecule has 4 heteroatoms. The van der Waals surface area contributed by atoms with Crippen LogP contribution in [0.4, 0.5) is 9.18 Å². The van der Waals surface area contributed by atoms with Crippen LogP contribution in [0, 0.1) is 0 Å². The van der Waals surface area contributed by atoms with Crippen LogP contribution < -0.4 is 0 Å². The van der Waals surface area contributed by atoms with E-state index < -0.39 is 25.0 Å². The Balaban J connectivity index is 2.47. The van der Waals surface area contributed by atoms with Crippen molar-refractivity contribution in [2.45, 2.75) is 19.1 Å². The lowest BCUT2D eigenvalue weighted by Crippen LogP contribution is -2.20. The van der Waals surface area contributed by atoms with Gasteiger partial charge in [-0.2, -0.15) is 0 Å². The molecule has 1 aliphatic rings. The van der Waals surface area contributed by atoms with Gasteiger partial charge in [-0.25, -0.2) is 9.18 Å². The first-order valence-electron chi connectivity index (χ1n) is 2.67. The summed E-state index contributed by atoms with van der Waals surface area (Å²) < 4.78 is 20.6. The number of carbonyl (C=O) groups excluding carboxylic acids is 1. The average Bonchev–Trinajstić information content (AvgIpc) is 2.10. The summed E-state index contributed by atoms with van der Waals surface area (Å²) in [5, 5.41) is 0. The predicted octanol–water partition coefficient (Wildman–Crippen LogP) is 0.880. The smallest absolute Gasteiger partial charge is 0.427 e. The third kappa shape index (κ3) is 1.12. The van der Waals surface area contributed by atoms with Gasteiger partial charge in [0.05, 0.1) is 0 Å². The molecule has 2 atom stereocenters. The van der Waals surface area contributed by atoms with Gasteiger partial charge < -0.3 is 9.47 Å². The van der Waals surface area contributed by atoms with Crippen LogP contribution in [0.15, 0.2) is 0 Å². The Labute approximate surface area is 51.7 Å². The summed E-state index contributed by atoms with van der Waals surface area (Å²) in [4.78, 5) is 10.2. The Morgan fingerprint density at radius 1 is 1.67 bits per heavy atom. The van der Waals surface area contributed by atoms with Gasteiger partial charge in [-0.3, -0.25) is 0 Å². The first-order valence-corrected chi connectivity index (χ1v) is 2.67. The molecule has 0 spiro atoms. The van der Waals surface area contributed by atoms with E-state index in [2.05, 4.69) is 9.47 Å². The molecule has 0 radical (unpaired) electrons. The summed E-state index contributed by atoms with van der Waals surface area (Å²) in [6.45, 7) is 0.919. The molecule has 0 aromatic rings. The van der Waals surface area contributed by atoms with Gasteiger partial charge in [0, 0.05) is 0 Å². The van der Waals surface area contributed by atoms with Crippen molar-refractivity contribution in [1.82, 2.24) is 0 Å². The first kappa shape index (κ1) is 6.32. The Morgan fingerprint density at radius 2 is 2.33 bits per heavy atom. The fraction of sp³-hybridized carbons (Fsp3) is 0.800. The second-order valence-electron chi connectivity index (χ2n) is 1.88. The molecule has 0 bridgehead atoms. The second-order valence-corrected chi connectivity index (χ2v) is 1.88. The summed E-state index contributed by atoms with van der Waals surface area (Å²) in [7, 11) is 0. The molecule has 9 heavy (non-hydrogen) atoms. The molecule has 0 aliphatic carbocycles. The standard InChI is InChI=1S/C5H7FO3/c1-3-4(2-6)9-5(7)8-3/h3-4H,2H2,1H3. The van der Waals surface area contributed by atoms with Crippen molar-refractivity contribution < 1.29 is 18.7 Å². The lowest BCUT2D eigenvalue weighted by Gasteiger charge is -2.03. The molecular formula is C5H7FO3. The van der Waals surface area contributed by atoms with E-state index >= 15 is 0 Å². The SMILES string of the molecule is CC1OC(=O)OC1CF. The van der Waals surface area contributed by atoms with Gasteiger partial charge in [-0.05, 0) is 6.92 Å². The zero-order valence-corrected chi connectivity index (χ0v) is 4.96. The second kappa shape index (κ2) is 2.21. The van der Waals surface area contributed by atoms with E-state index in [1.807, 2.05) is 0 Å². The number of carbonyl (C=O) groups is 1. The summed E-state index contributed by atoms with van der Waals surface area (Å²) in [5.74, 6) is 0. The number of alkyl halides is 1. The summed E-state index contributed by atoms with van der Waals surface area (Å²) >= 11 is 0. The van der Waals surface area contributed by atoms with Crippen LogP contribution in [0.25, 0.3) is 0 Å². The normalized spacial score (nSPS) is 33.8. The molecule has 0 amide bonds. The molecule has 0 N–H and O–H groups in total. The number of rotatable bonds is 1. The molecule has 0 aromatic carbocycles. The van der Waals surface area contributed by atoms with E-state index in [1.54, 1.807) is 6.92 Å². The summed E-state index contributed by atoms with van der Waals surface area (Å²) in [6, 6.07) is 0. The largest absolute Gasteiger partial charge is 0.509 e. The maximum Gasteiger partial charge on any atom is 0.509 e. The Bertz CT molecular complexity index is 125. The minimum atomic E-state index is -0.773. The quantitative estimate of drug-likeness (QED) is 0.499. The van der Waals surface area contributed by atoms with Crippen LogP contribution >= 0.6 is 0 Å². The number of hydrogen-bond donors (Lipinski definition) is 0. The maximum atomic E-state index is 11.8. The van der Waals surface area contributed by atoms with Gasteiger partial charge in [0.1, 0.15) is 12.8 Å². The number of halogens is 1. The highest BCUT2D eigenvalue weighted by atomic mass is 19.1. The lowest BCUT2D eigenvalue weighted by atomic mass is 10.3. The fourth-order valence-electron chi connectivity index (χ4n) is 0.632. The molecular weight excluding hydrogens is 127 g/mol. The van der Waals surface area contributed by atoms with Crippen molar-refractivity contribution in [2.75, 3.05) is 6.67 Å². The minimum absolute atomic E-state index is 0.442. The highest BCUT2D eigenvalue weighted by Crippen LogP contribution is 2.14. The zero-order valence-electron chi connectivity index (χ0n) is 4.96. The topological polar surface area (TPSA) is 35.5 Å². The molecule has 1 rings (SSSR count). The van der Waals surface area contributed by atoms with Crippen LogP contribution in [-0.4, -0.2) is 25.0 Å². The highest BCUT2D eigenvalue weighted by molar-refractivity contribution is 5.62. The van der Waals surface area contributed by atoms with Crippen molar-refractivity contribution >= 4 is 6.16 Å². The van der Waals surface area contributed by atoms with E-state index in [9.17, 15) is 9.18 Å². The summed E-state index contributed by atoms with van der Waals surface area (Å²) in [6.07, 6.45) is -1.91. The van der Waals surface area contributed by atoms with Crippen molar-refractivity contribution in [3.05, 3.63) is 0 Å². The molecule has 2 unspecified atom stereocenters. The fourth-order valence-corrected chi connectivity index (χ4v) is 0.632.